The van der Waals surface area contributed by atoms with Crippen LogP contribution in [0.25, 0.3) is 0 Å². The summed E-state index contributed by atoms with van der Waals surface area (Å²) in [6.07, 6.45) is 4.24. The molecule has 16 heavy (non-hydrogen) atoms. The second-order valence-corrected chi connectivity index (χ2v) is 6.18. The third kappa shape index (κ3) is 2.24. The van der Waals surface area contributed by atoms with E-state index in [1.54, 1.807) is 0 Å². The molecule has 1 aromatic rings. The molecule has 1 unspecified atom stereocenters. The maximum Gasteiger partial charge on any atom is 0.290 e. The zero-order chi connectivity index (χ0) is 11.6. The zero-order valence-electron chi connectivity index (χ0n) is 8.64. The molecular weight excluding hydrogens is 230 g/mol. The molecule has 0 spiro atoms. The van der Waals surface area contributed by atoms with Crippen molar-refractivity contribution >= 4 is 15.7 Å². The minimum atomic E-state index is -2.97. The Balaban J connectivity index is 2.04. The quantitative estimate of drug-likeness (QED) is 0.764. The fourth-order valence-corrected chi connectivity index (χ4v) is 3.54. The van der Waals surface area contributed by atoms with Crippen LogP contribution in [-0.4, -0.2) is 35.9 Å². The fourth-order valence-electron chi connectivity index (χ4n) is 1.78. The molecule has 6 nitrogen and oxygen atoms in total. The van der Waals surface area contributed by atoms with Gasteiger partial charge >= 0.3 is 0 Å². The number of nitrogens with zero attached hydrogens (tertiary/aromatic N) is 1. The molecule has 0 saturated carbocycles. The number of aromatic nitrogens is 2. The van der Waals surface area contributed by atoms with Gasteiger partial charge in [0.1, 0.15) is 0 Å². The van der Waals surface area contributed by atoms with Gasteiger partial charge in [0.15, 0.2) is 15.7 Å². The Labute approximate surface area is 93.0 Å². The van der Waals surface area contributed by atoms with Crippen LogP contribution >= 0.6 is 0 Å². The SMILES string of the molecule is O=c1[nH]ccnc1NCC1CCCS1(=O)=O. The lowest BCUT2D eigenvalue weighted by atomic mass is 10.2. The van der Waals surface area contributed by atoms with E-state index >= 15 is 0 Å². The molecular formula is C9H13N3O3S. The number of anilines is 1. The van der Waals surface area contributed by atoms with Crippen LogP contribution in [0, 0.1) is 0 Å². The molecule has 0 bridgehead atoms. The van der Waals surface area contributed by atoms with Gasteiger partial charge in [0.25, 0.3) is 5.56 Å². The first kappa shape index (κ1) is 11.1. The predicted molar refractivity (Wildman–Crippen MR) is 60.2 cm³/mol. The Bertz CT molecular complexity index is 523. The first-order valence-corrected chi connectivity index (χ1v) is 6.80. The van der Waals surface area contributed by atoms with Crippen LogP contribution in [0.3, 0.4) is 0 Å². The number of hydrogen-bond acceptors (Lipinski definition) is 5. The van der Waals surface area contributed by atoms with Crippen LogP contribution in [0.2, 0.25) is 0 Å². The molecule has 0 aromatic carbocycles. The number of nitrogens with one attached hydrogen (secondary N) is 2. The van der Waals surface area contributed by atoms with Crippen LogP contribution in [-0.2, 0) is 9.84 Å². The van der Waals surface area contributed by atoms with Crippen LogP contribution in [0.15, 0.2) is 17.2 Å². The molecule has 88 valence electrons. The largest absolute Gasteiger partial charge is 0.364 e. The fraction of sp³-hybridized carbons (Fsp3) is 0.556. The van der Waals surface area contributed by atoms with Gasteiger partial charge in [-0.15, -0.1) is 0 Å². The number of sulfone groups is 1. The number of hydrogen-bond donors (Lipinski definition) is 2. The second kappa shape index (κ2) is 4.25. The van der Waals surface area contributed by atoms with Crippen molar-refractivity contribution < 1.29 is 8.42 Å². The molecule has 0 amide bonds. The van der Waals surface area contributed by atoms with Crippen molar-refractivity contribution in [2.75, 3.05) is 17.6 Å². The Kier molecular flexibility index (Phi) is 2.95. The van der Waals surface area contributed by atoms with Gasteiger partial charge in [-0.1, -0.05) is 0 Å². The highest BCUT2D eigenvalue weighted by molar-refractivity contribution is 7.92. The molecule has 2 N–H and O–H groups in total. The third-order valence-corrected chi connectivity index (χ3v) is 4.94. The zero-order valence-corrected chi connectivity index (χ0v) is 9.46. The highest BCUT2D eigenvalue weighted by atomic mass is 32.2. The van der Waals surface area contributed by atoms with Crippen molar-refractivity contribution in [2.24, 2.45) is 0 Å². The van der Waals surface area contributed by atoms with E-state index in [-0.39, 0.29) is 23.7 Å². The normalized spacial score (nSPS) is 23.1. The van der Waals surface area contributed by atoms with E-state index in [1.807, 2.05) is 0 Å². The minimum absolute atomic E-state index is 0.171. The van der Waals surface area contributed by atoms with E-state index in [0.717, 1.165) is 0 Å². The minimum Gasteiger partial charge on any atom is -0.364 e. The lowest BCUT2D eigenvalue weighted by molar-refractivity contribution is 0.591. The number of aromatic amines is 1. The van der Waals surface area contributed by atoms with Crippen molar-refractivity contribution in [3.05, 3.63) is 22.7 Å². The van der Waals surface area contributed by atoms with Gasteiger partial charge in [0.05, 0.1) is 11.0 Å². The molecule has 1 fully saturated rings. The highest BCUT2D eigenvalue weighted by Gasteiger charge is 2.30. The maximum atomic E-state index is 11.5. The average Bonchev–Trinajstić information content (AvgIpc) is 2.57. The van der Waals surface area contributed by atoms with E-state index < -0.39 is 15.1 Å². The standard InChI is InChI=1S/C9H13N3O3S/c13-9-8(10-3-4-11-9)12-6-7-2-1-5-16(7,14)15/h3-4,7H,1-2,5-6H2,(H,10,12)(H,11,13). The summed E-state index contributed by atoms with van der Waals surface area (Å²) in [6.45, 7) is 0.252. The van der Waals surface area contributed by atoms with Crippen molar-refractivity contribution in [1.82, 2.24) is 9.97 Å². The molecule has 1 aliphatic heterocycles. The summed E-state index contributed by atoms with van der Waals surface area (Å²) in [5.41, 5.74) is -0.335. The van der Waals surface area contributed by atoms with E-state index in [9.17, 15) is 13.2 Å². The lowest BCUT2D eigenvalue weighted by Gasteiger charge is -2.10. The predicted octanol–water partition coefficient (Wildman–Crippen LogP) is -0.241. The Morgan fingerprint density at radius 1 is 1.56 bits per heavy atom. The van der Waals surface area contributed by atoms with Crippen LogP contribution in [0.5, 0.6) is 0 Å². The maximum absolute atomic E-state index is 11.5. The van der Waals surface area contributed by atoms with Gasteiger partial charge in [-0.3, -0.25) is 4.79 Å². The second-order valence-electron chi connectivity index (χ2n) is 3.78. The smallest absolute Gasteiger partial charge is 0.290 e. The summed E-state index contributed by atoms with van der Waals surface area (Å²) in [4.78, 5) is 17.6. The Hall–Kier alpha value is -1.37. The van der Waals surface area contributed by atoms with Crippen molar-refractivity contribution in [3.8, 4) is 0 Å². The van der Waals surface area contributed by atoms with Crippen LogP contribution in [0.1, 0.15) is 12.8 Å². The molecule has 0 aliphatic carbocycles. The first-order valence-electron chi connectivity index (χ1n) is 5.09. The molecule has 2 heterocycles. The van der Waals surface area contributed by atoms with Gasteiger partial charge in [0.2, 0.25) is 0 Å². The number of H-pyrrole nitrogens is 1. The molecule has 2 rings (SSSR count). The lowest BCUT2D eigenvalue weighted by Crippen LogP contribution is -2.27. The molecule has 1 aliphatic rings. The summed E-state index contributed by atoms with van der Waals surface area (Å²) in [5, 5.41) is 2.38. The van der Waals surface area contributed by atoms with E-state index in [2.05, 4.69) is 15.3 Å². The summed E-state index contributed by atoms with van der Waals surface area (Å²) >= 11 is 0. The van der Waals surface area contributed by atoms with Gasteiger partial charge in [0, 0.05) is 18.9 Å². The Morgan fingerprint density at radius 2 is 2.38 bits per heavy atom. The topological polar surface area (TPSA) is 91.9 Å². The van der Waals surface area contributed by atoms with Gasteiger partial charge < -0.3 is 10.3 Å². The molecule has 1 atom stereocenters. The van der Waals surface area contributed by atoms with Crippen molar-refractivity contribution in [1.29, 1.82) is 0 Å². The molecule has 0 radical (unpaired) electrons. The first-order chi connectivity index (χ1) is 7.59. The summed E-state index contributed by atoms with van der Waals surface area (Å²) in [5.74, 6) is 0.419. The van der Waals surface area contributed by atoms with E-state index in [0.29, 0.717) is 12.8 Å². The van der Waals surface area contributed by atoms with Gasteiger partial charge in [-0.05, 0) is 12.8 Å². The van der Waals surface area contributed by atoms with Crippen LogP contribution in [0.4, 0.5) is 5.82 Å². The van der Waals surface area contributed by atoms with Gasteiger partial charge in [-0.2, -0.15) is 0 Å². The summed E-state index contributed by atoms with van der Waals surface area (Å²) < 4.78 is 23.0. The van der Waals surface area contributed by atoms with E-state index in [4.69, 9.17) is 0 Å². The monoisotopic (exact) mass is 243 g/mol. The molecule has 1 saturated heterocycles. The summed E-state index contributed by atoms with van der Waals surface area (Å²) in [6, 6.07) is 0. The molecule has 1 aromatic heterocycles. The highest BCUT2D eigenvalue weighted by Crippen LogP contribution is 2.19. The third-order valence-electron chi connectivity index (χ3n) is 2.67. The van der Waals surface area contributed by atoms with Crippen molar-refractivity contribution in [3.63, 3.8) is 0 Å². The summed E-state index contributed by atoms with van der Waals surface area (Å²) in [7, 11) is -2.97. The van der Waals surface area contributed by atoms with E-state index in [1.165, 1.54) is 12.4 Å². The average molecular weight is 243 g/mol. The molecule has 7 heteroatoms. The van der Waals surface area contributed by atoms with Gasteiger partial charge in [-0.25, -0.2) is 13.4 Å². The Morgan fingerprint density at radius 3 is 3.00 bits per heavy atom. The van der Waals surface area contributed by atoms with Crippen LogP contribution < -0.4 is 10.9 Å². The number of rotatable bonds is 3. The van der Waals surface area contributed by atoms with Crippen molar-refractivity contribution in [2.45, 2.75) is 18.1 Å².